The lowest BCUT2D eigenvalue weighted by Gasteiger charge is -2.20. The average Bonchev–Trinajstić information content (AvgIpc) is 2.80. The number of pyridine rings is 1. The summed E-state index contributed by atoms with van der Waals surface area (Å²) in [7, 11) is 0. The zero-order chi connectivity index (χ0) is 16.4. The van der Waals surface area contributed by atoms with E-state index < -0.39 is 0 Å². The Kier molecular flexibility index (Phi) is 3.85. The van der Waals surface area contributed by atoms with Crippen LogP contribution in [-0.4, -0.2) is 16.4 Å². The normalized spacial score (nSPS) is 16.1. The Hall–Kier alpha value is -2.71. The van der Waals surface area contributed by atoms with E-state index in [0.29, 0.717) is 12.2 Å². The highest BCUT2D eigenvalue weighted by molar-refractivity contribution is 5.94. The van der Waals surface area contributed by atoms with Gasteiger partial charge in [-0.25, -0.2) is 19.8 Å². The number of hydrogen-bond acceptors (Lipinski definition) is 3. The van der Waals surface area contributed by atoms with Gasteiger partial charge in [0.15, 0.2) is 0 Å². The molecule has 1 fully saturated rings. The van der Waals surface area contributed by atoms with E-state index in [2.05, 4.69) is 22.3 Å². The molecule has 0 bridgehead atoms. The largest absolute Gasteiger partial charge is 0.273 e. The maximum absolute atomic E-state index is 12.8. The van der Waals surface area contributed by atoms with Crippen LogP contribution in [0.1, 0.15) is 31.4 Å². The number of carbonyl (C=O) groups is 1. The third kappa shape index (κ3) is 3.55. The van der Waals surface area contributed by atoms with Gasteiger partial charge in [-0.05, 0) is 50.2 Å². The fourth-order valence-corrected chi connectivity index (χ4v) is 2.32. The van der Waals surface area contributed by atoms with Gasteiger partial charge >= 0.3 is 0 Å². The molecule has 1 amide bonds. The lowest BCUT2D eigenvalue weighted by Crippen LogP contribution is -2.42. The molecular formula is C18H16FN3O. The fraction of sp³-hybridized carbons (Fsp3) is 0.222. The Labute approximate surface area is 134 Å². The van der Waals surface area contributed by atoms with Crippen LogP contribution < -0.4 is 10.4 Å². The minimum atomic E-state index is -0.285. The van der Waals surface area contributed by atoms with Crippen LogP contribution in [-0.2, 0) is 4.79 Å². The summed E-state index contributed by atoms with van der Waals surface area (Å²) in [4.78, 5) is 16.3. The molecule has 1 aliphatic heterocycles. The number of halogens is 1. The van der Waals surface area contributed by atoms with Gasteiger partial charge in [0.1, 0.15) is 11.6 Å². The van der Waals surface area contributed by atoms with Crippen LogP contribution in [0.5, 0.6) is 0 Å². The van der Waals surface area contributed by atoms with Gasteiger partial charge in [-0.15, -0.1) is 0 Å². The molecule has 2 heterocycles. The number of amides is 1. The Bertz CT molecular complexity index is 786. The molecule has 0 atom stereocenters. The highest BCUT2D eigenvalue weighted by Crippen LogP contribution is 2.23. The number of aromatic nitrogens is 1. The van der Waals surface area contributed by atoms with Crippen LogP contribution in [0.3, 0.4) is 0 Å². The summed E-state index contributed by atoms with van der Waals surface area (Å²) in [6, 6.07) is 9.55. The van der Waals surface area contributed by atoms with Gasteiger partial charge in [0.05, 0.1) is 0 Å². The van der Waals surface area contributed by atoms with Crippen LogP contribution in [0.4, 0.5) is 10.2 Å². The summed E-state index contributed by atoms with van der Waals surface area (Å²) in [6.45, 7) is 3.93. The molecule has 0 aliphatic carbocycles. The number of benzene rings is 1. The van der Waals surface area contributed by atoms with Crippen molar-refractivity contribution < 1.29 is 9.18 Å². The molecule has 0 unspecified atom stereocenters. The van der Waals surface area contributed by atoms with E-state index in [-0.39, 0.29) is 17.3 Å². The summed E-state index contributed by atoms with van der Waals surface area (Å²) in [6.07, 6.45) is 2.05. The third-order valence-electron chi connectivity index (χ3n) is 3.43. The van der Waals surface area contributed by atoms with Crippen LogP contribution in [0.25, 0.3) is 0 Å². The Morgan fingerprint density at radius 3 is 2.35 bits per heavy atom. The monoisotopic (exact) mass is 309 g/mol. The van der Waals surface area contributed by atoms with Crippen molar-refractivity contribution in [1.29, 1.82) is 0 Å². The van der Waals surface area contributed by atoms with Crippen LogP contribution in [0.15, 0.2) is 42.6 Å². The van der Waals surface area contributed by atoms with Crippen molar-refractivity contribution in [3.8, 4) is 11.8 Å². The lowest BCUT2D eigenvalue weighted by molar-refractivity contribution is -0.117. The number of carbonyl (C=O) groups excluding carboxylic acids is 1. The number of rotatable bonds is 1. The first-order valence-corrected chi connectivity index (χ1v) is 7.27. The first-order valence-electron chi connectivity index (χ1n) is 7.27. The maximum atomic E-state index is 12.8. The van der Waals surface area contributed by atoms with E-state index in [1.807, 2.05) is 13.8 Å². The second-order valence-corrected chi connectivity index (χ2v) is 6.06. The predicted octanol–water partition coefficient (Wildman–Crippen LogP) is 2.64. The smallest absolute Gasteiger partial charge is 0.244 e. The van der Waals surface area contributed by atoms with Crippen LogP contribution in [0, 0.1) is 17.7 Å². The van der Waals surface area contributed by atoms with Crippen molar-refractivity contribution in [3.63, 3.8) is 0 Å². The molecule has 1 aromatic carbocycles. The van der Waals surface area contributed by atoms with Crippen molar-refractivity contribution in [1.82, 2.24) is 10.4 Å². The Balaban J connectivity index is 1.76. The highest BCUT2D eigenvalue weighted by Gasteiger charge is 2.36. The molecule has 1 aromatic heterocycles. The number of hydrogen-bond donors (Lipinski definition) is 1. The van der Waals surface area contributed by atoms with E-state index in [1.54, 1.807) is 30.5 Å². The predicted molar refractivity (Wildman–Crippen MR) is 85.9 cm³/mol. The van der Waals surface area contributed by atoms with Gasteiger partial charge in [-0.1, -0.05) is 11.8 Å². The standard InChI is InChI=1S/C18H16FN3O/c1-18(2)11-17(23)22(21-18)16-10-7-14(12-20-16)4-3-13-5-8-15(19)9-6-13/h5-10,12,21H,11H2,1-2H3. The Morgan fingerprint density at radius 2 is 1.78 bits per heavy atom. The highest BCUT2D eigenvalue weighted by atomic mass is 19.1. The topological polar surface area (TPSA) is 45.2 Å². The van der Waals surface area contributed by atoms with Gasteiger partial charge in [0.25, 0.3) is 0 Å². The van der Waals surface area contributed by atoms with E-state index in [1.165, 1.54) is 17.1 Å². The molecule has 1 aliphatic rings. The molecule has 1 saturated heterocycles. The molecule has 3 rings (SSSR count). The van der Waals surface area contributed by atoms with Gasteiger partial charge in [-0.2, -0.15) is 0 Å². The van der Waals surface area contributed by atoms with Crippen molar-refractivity contribution in [2.24, 2.45) is 0 Å². The van der Waals surface area contributed by atoms with E-state index in [9.17, 15) is 9.18 Å². The van der Waals surface area contributed by atoms with E-state index in [0.717, 1.165) is 11.1 Å². The number of anilines is 1. The molecule has 0 saturated carbocycles. The summed E-state index contributed by atoms with van der Waals surface area (Å²) in [5.41, 5.74) is 4.32. The molecule has 0 spiro atoms. The second kappa shape index (κ2) is 5.82. The summed E-state index contributed by atoms with van der Waals surface area (Å²) >= 11 is 0. The molecule has 0 radical (unpaired) electrons. The van der Waals surface area contributed by atoms with Crippen LogP contribution >= 0.6 is 0 Å². The van der Waals surface area contributed by atoms with Gasteiger partial charge in [0.2, 0.25) is 5.91 Å². The lowest BCUT2D eigenvalue weighted by atomic mass is 10.0. The summed E-state index contributed by atoms with van der Waals surface area (Å²) in [5, 5.41) is 1.47. The summed E-state index contributed by atoms with van der Waals surface area (Å²) in [5.74, 6) is 6.17. The van der Waals surface area contributed by atoms with Crippen molar-refractivity contribution in [2.75, 3.05) is 5.01 Å². The van der Waals surface area contributed by atoms with Gasteiger partial charge in [-0.3, -0.25) is 4.79 Å². The number of hydrazine groups is 1. The third-order valence-corrected chi connectivity index (χ3v) is 3.43. The minimum Gasteiger partial charge on any atom is -0.273 e. The maximum Gasteiger partial charge on any atom is 0.244 e. The average molecular weight is 309 g/mol. The number of nitrogens with zero attached hydrogens (tertiary/aromatic N) is 2. The molecule has 116 valence electrons. The van der Waals surface area contributed by atoms with Crippen LogP contribution in [0.2, 0.25) is 0 Å². The molecular weight excluding hydrogens is 293 g/mol. The molecule has 1 N–H and O–H groups in total. The molecule has 2 aromatic rings. The van der Waals surface area contributed by atoms with E-state index in [4.69, 9.17) is 0 Å². The van der Waals surface area contributed by atoms with Crippen molar-refractivity contribution in [3.05, 3.63) is 59.5 Å². The molecule has 23 heavy (non-hydrogen) atoms. The van der Waals surface area contributed by atoms with E-state index >= 15 is 0 Å². The Morgan fingerprint density at radius 1 is 1.13 bits per heavy atom. The quantitative estimate of drug-likeness (QED) is 0.824. The zero-order valence-corrected chi connectivity index (χ0v) is 12.9. The zero-order valence-electron chi connectivity index (χ0n) is 12.9. The SMILES string of the molecule is CC1(C)CC(=O)N(c2ccc(C#Cc3ccc(F)cc3)cn2)N1. The first kappa shape index (κ1) is 15.2. The fourth-order valence-electron chi connectivity index (χ4n) is 2.32. The number of nitrogens with one attached hydrogen (secondary N) is 1. The summed E-state index contributed by atoms with van der Waals surface area (Å²) < 4.78 is 12.8. The minimum absolute atomic E-state index is 0.00681. The van der Waals surface area contributed by atoms with Crippen molar-refractivity contribution >= 4 is 11.7 Å². The molecule has 5 heteroatoms. The molecule has 4 nitrogen and oxygen atoms in total. The second-order valence-electron chi connectivity index (χ2n) is 6.06. The van der Waals surface area contributed by atoms with Crippen molar-refractivity contribution in [2.45, 2.75) is 25.8 Å². The van der Waals surface area contributed by atoms with Gasteiger partial charge < -0.3 is 0 Å². The first-order chi connectivity index (χ1) is 10.9. The van der Waals surface area contributed by atoms with Gasteiger partial charge in [0, 0.05) is 29.3 Å².